The summed E-state index contributed by atoms with van der Waals surface area (Å²) in [6.07, 6.45) is 0.929. The Balaban J connectivity index is 2.50. The number of nitrogens with zero attached hydrogens (tertiary/aromatic N) is 3. The van der Waals surface area contributed by atoms with Crippen LogP contribution in [0.2, 0.25) is 0 Å². The molecular weight excluding hydrogens is 246 g/mol. The highest BCUT2D eigenvalue weighted by atomic mass is 16.4. The fourth-order valence-corrected chi connectivity index (χ4v) is 2.14. The molecule has 1 heterocycles. The van der Waals surface area contributed by atoms with Gasteiger partial charge < -0.3 is 14.9 Å². The van der Waals surface area contributed by atoms with Gasteiger partial charge >= 0.3 is 12.0 Å². The Labute approximate surface area is 115 Å². The van der Waals surface area contributed by atoms with Crippen molar-refractivity contribution in [1.29, 1.82) is 0 Å². The van der Waals surface area contributed by atoms with Crippen LogP contribution in [0.15, 0.2) is 0 Å². The summed E-state index contributed by atoms with van der Waals surface area (Å²) in [5.41, 5.74) is 0. The van der Waals surface area contributed by atoms with E-state index < -0.39 is 12.0 Å². The molecule has 2 amide bonds. The first-order valence-corrected chi connectivity index (χ1v) is 6.87. The fourth-order valence-electron chi connectivity index (χ4n) is 2.14. The fraction of sp³-hybridized carbons (Fsp3) is 0.846. The molecule has 6 heteroatoms. The lowest BCUT2D eigenvalue weighted by Gasteiger charge is -2.39. The van der Waals surface area contributed by atoms with Gasteiger partial charge in [0.05, 0.1) is 0 Å². The lowest BCUT2D eigenvalue weighted by Crippen LogP contribution is -2.56. The molecule has 1 rings (SSSR count). The number of carbonyl (C=O) groups is 2. The third kappa shape index (κ3) is 3.83. The van der Waals surface area contributed by atoms with Gasteiger partial charge in [-0.1, -0.05) is 6.92 Å². The zero-order valence-electron chi connectivity index (χ0n) is 12.3. The van der Waals surface area contributed by atoms with Gasteiger partial charge in [0.25, 0.3) is 0 Å². The van der Waals surface area contributed by atoms with Crippen LogP contribution in [0.25, 0.3) is 0 Å². The number of aliphatic carboxylic acids is 1. The zero-order valence-corrected chi connectivity index (χ0v) is 12.3. The maximum Gasteiger partial charge on any atom is 0.320 e. The molecule has 0 spiro atoms. The average molecular weight is 271 g/mol. The van der Waals surface area contributed by atoms with Crippen molar-refractivity contribution in [1.82, 2.24) is 14.7 Å². The van der Waals surface area contributed by atoms with E-state index in [9.17, 15) is 9.59 Å². The van der Waals surface area contributed by atoms with Crippen molar-refractivity contribution < 1.29 is 14.7 Å². The summed E-state index contributed by atoms with van der Waals surface area (Å²) in [5.74, 6) is -0.809. The van der Waals surface area contributed by atoms with E-state index in [1.165, 1.54) is 0 Å². The van der Waals surface area contributed by atoms with Crippen LogP contribution in [-0.4, -0.2) is 77.1 Å². The number of rotatable bonds is 4. The molecule has 1 aliphatic heterocycles. The summed E-state index contributed by atoms with van der Waals surface area (Å²) in [4.78, 5) is 28.6. The molecule has 0 bridgehead atoms. The third-order valence-corrected chi connectivity index (χ3v) is 4.04. The van der Waals surface area contributed by atoms with Gasteiger partial charge in [0.2, 0.25) is 0 Å². The molecule has 1 aliphatic rings. The van der Waals surface area contributed by atoms with Crippen molar-refractivity contribution in [2.24, 2.45) is 0 Å². The standard InChI is InChI=1S/C13H25N3O3/c1-5-10(2)14(4)13(19)16-8-6-15(7-9-16)11(3)12(17)18/h10-11H,5-9H2,1-4H3,(H,17,18). The van der Waals surface area contributed by atoms with E-state index in [0.29, 0.717) is 26.2 Å². The molecule has 0 aromatic carbocycles. The summed E-state index contributed by atoms with van der Waals surface area (Å²) in [6.45, 7) is 8.20. The lowest BCUT2D eigenvalue weighted by molar-refractivity contribution is -0.143. The third-order valence-electron chi connectivity index (χ3n) is 4.04. The van der Waals surface area contributed by atoms with Crippen LogP contribution in [-0.2, 0) is 4.79 Å². The smallest absolute Gasteiger partial charge is 0.320 e. The minimum absolute atomic E-state index is 0.0389. The number of piperazine rings is 1. The van der Waals surface area contributed by atoms with Gasteiger partial charge in [0, 0.05) is 39.3 Å². The molecule has 6 nitrogen and oxygen atoms in total. The number of carbonyl (C=O) groups excluding carboxylic acids is 1. The van der Waals surface area contributed by atoms with Gasteiger partial charge in [0.1, 0.15) is 6.04 Å². The molecule has 1 fully saturated rings. The van der Waals surface area contributed by atoms with Crippen LogP contribution in [0.4, 0.5) is 4.79 Å². The van der Waals surface area contributed by atoms with Crippen molar-refractivity contribution in [3.05, 3.63) is 0 Å². The summed E-state index contributed by atoms with van der Waals surface area (Å²) < 4.78 is 0. The van der Waals surface area contributed by atoms with E-state index in [4.69, 9.17) is 5.11 Å². The summed E-state index contributed by atoms with van der Waals surface area (Å²) in [5, 5.41) is 8.97. The average Bonchev–Trinajstić information content (AvgIpc) is 2.44. The van der Waals surface area contributed by atoms with Crippen LogP contribution >= 0.6 is 0 Å². The highest BCUT2D eigenvalue weighted by Crippen LogP contribution is 2.10. The first-order chi connectivity index (χ1) is 8.88. The van der Waals surface area contributed by atoms with Crippen LogP contribution in [0, 0.1) is 0 Å². The van der Waals surface area contributed by atoms with E-state index in [2.05, 4.69) is 6.92 Å². The van der Waals surface area contributed by atoms with Crippen molar-refractivity contribution >= 4 is 12.0 Å². The van der Waals surface area contributed by atoms with E-state index >= 15 is 0 Å². The molecule has 0 aromatic heterocycles. The Morgan fingerprint density at radius 3 is 2.16 bits per heavy atom. The molecule has 1 N–H and O–H groups in total. The summed E-state index contributed by atoms with van der Waals surface area (Å²) >= 11 is 0. The molecule has 2 atom stereocenters. The first kappa shape index (κ1) is 15.8. The Morgan fingerprint density at radius 2 is 1.74 bits per heavy atom. The van der Waals surface area contributed by atoms with Crippen LogP contribution in [0.1, 0.15) is 27.2 Å². The van der Waals surface area contributed by atoms with Crippen LogP contribution in [0.3, 0.4) is 0 Å². The number of carboxylic acids is 1. The molecule has 2 unspecified atom stereocenters. The van der Waals surface area contributed by atoms with Gasteiger partial charge in [0.15, 0.2) is 0 Å². The Morgan fingerprint density at radius 1 is 1.21 bits per heavy atom. The van der Waals surface area contributed by atoms with Crippen LogP contribution < -0.4 is 0 Å². The van der Waals surface area contributed by atoms with Crippen LogP contribution in [0.5, 0.6) is 0 Å². The second kappa shape index (κ2) is 6.75. The second-order valence-corrected chi connectivity index (χ2v) is 5.19. The van der Waals surface area contributed by atoms with Gasteiger partial charge in [-0.25, -0.2) is 4.79 Å². The zero-order chi connectivity index (χ0) is 14.6. The van der Waals surface area contributed by atoms with Gasteiger partial charge in [-0.2, -0.15) is 0 Å². The minimum Gasteiger partial charge on any atom is -0.480 e. The van der Waals surface area contributed by atoms with Gasteiger partial charge in [-0.15, -0.1) is 0 Å². The molecule has 0 saturated carbocycles. The predicted octanol–water partition coefficient (Wildman–Crippen LogP) is 0.927. The van der Waals surface area contributed by atoms with E-state index in [1.54, 1.807) is 16.7 Å². The molecule has 1 saturated heterocycles. The Bertz CT molecular complexity index is 327. The SMILES string of the molecule is CCC(C)N(C)C(=O)N1CCN(C(C)C(=O)O)CC1. The van der Waals surface area contributed by atoms with E-state index in [1.807, 2.05) is 18.9 Å². The predicted molar refractivity (Wildman–Crippen MR) is 73.2 cm³/mol. The van der Waals surface area contributed by atoms with Crippen molar-refractivity contribution in [3.63, 3.8) is 0 Å². The van der Waals surface area contributed by atoms with Gasteiger partial charge in [-0.05, 0) is 20.3 Å². The van der Waals surface area contributed by atoms with Gasteiger partial charge in [-0.3, -0.25) is 9.69 Å². The normalized spacial score (nSPS) is 19.9. The Kier molecular flexibility index (Phi) is 5.60. The number of urea groups is 1. The summed E-state index contributed by atoms with van der Waals surface area (Å²) in [7, 11) is 1.82. The highest BCUT2D eigenvalue weighted by molar-refractivity contribution is 5.75. The molecule has 110 valence electrons. The quantitative estimate of drug-likeness (QED) is 0.826. The molecule has 0 radical (unpaired) electrons. The lowest BCUT2D eigenvalue weighted by atomic mass is 10.2. The second-order valence-electron chi connectivity index (χ2n) is 5.19. The van der Waals surface area contributed by atoms with Crippen molar-refractivity contribution in [2.45, 2.75) is 39.3 Å². The molecular formula is C13H25N3O3. The largest absolute Gasteiger partial charge is 0.480 e. The number of hydrogen-bond donors (Lipinski definition) is 1. The Hall–Kier alpha value is -1.30. The maximum absolute atomic E-state index is 12.2. The minimum atomic E-state index is -0.809. The highest BCUT2D eigenvalue weighted by Gasteiger charge is 2.29. The number of hydrogen-bond acceptors (Lipinski definition) is 3. The molecule has 0 aliphatic carbocycles. The van der Waals surface area contributed by atoms with Crippen molar-refractivity contribution in [2.75, 3.05) is 33.2 Å². The summed E-state index contributed by atoms with van der Waals surface area (Å²) in [6, 6.07) is -0.218. The number of amides is 2. The first-order valence-electron chi connectivity index (χ1n) is 6.87. The molecule has 0 aromatic rings. The van der Waals surface area contributed by atoms with E-state index in [-0.39, 0.29) is 12.1 Å². The topological polar surface area (TPSA) is 64.1 Å². The molecule has 19 heavy (non-hydrogen) atoms. The maximum atomic E-state index is 12.2. The van der Waals surface area contributed by atoms with Crippen molar-refractivity contribution in [3.8, 4) is 0 Å². The monoisotopic (exact) mass is 271 g/mol. The number of carboxylic acid groups (broad SMARTS) is 1. The van der Waals surface area contributed by atoms with E-state index in [0.717, 1.165) is 6.42 Å².